The summed E-state index contributed by atoms with van der Waals surface area (Å²) in [6.07, 6.45) is -0.602. The first-order valence-electron chi connectivity index (χ1n) is 10.4. The second-order valence-corrected chi connectivity index (χ2v) is 7.96. The van der Waals surface area contributed by atoms with Crippen LogP contribution in [0.15, 0.2) is 36.4 Å². The fourth-order valence-electron chi connectivity index (χ4n) is 3.87. The number of ketones is 1. The number of hydrogen-bond acceptors (Lipinski definition) is 6. The number of rotatable bonds is 8. The lowest BCUT2D eigenvalue weighted by Gasteiger charge is -2.37. The minimum atomic E-state index is -0.602. The molecule has 6 nitrogen and oxygen atoms in total. The van der Waals surface area contributed by atoms with Gasteiger partial charge in [-0.25, -0.2) is 0 Å². The average Bonchev–Trinajstić information content (AvgIpc) is 2.73. The van der Waals surface area contributed by atoms with Crippen LogP contribution in [0.25, 0.3) is 0 Å². The van der Waals surface area contributed by atoms with Crippen molar-refractivity contribution >= 4 is 11.5 Å². The van der Waals surface area contributed by atoms with Crippen molar-refractivity contribution in [1.82, 2.24) is 4.90 Å². The van der Waals surface area contributed by atoms with Crippen molar-refractivity contribution in [1.29, 1.82) is 0 Å². The SMILES string of the molecule is COc1cc(C(C)=O)ccc1OC[C@@H](O)CN1CCN(c2ccc(C)cc2C)CC1. The summed E-state index contributed by atoms with van der Waals surface area (Å²) in [4.78, 5) is 16.2. The smallest absolute Gasteiger partial charge is 0.161 e. The van der Waals surface area contributed by atoms with E-state index in [1.807, 2.05) is 0 Å². The Kier molecular flexibility index (Phi) is 7.34. The van der Waals surface area contributed by atoms with Gasteiger partial charge in [0.05, 0.1) is 7.11 Å². The van der Waals surface area contributed by atoms with Gasteiger partial charge in [0.1, 0.15) is 12.7 Å². The number of piperazine rings is 1. The van der Waals surface area contributed by atoms with Crippen LogP contribution in [0.5, 0.6) is 11.5 Å². The Labute approximate surface area is 179 Å². The van der Waals surface area contributed by atoms with E-state index in [1.54, 1.807) is 18.2 Å². The van der Waals surface area contributed by atoms with Crippen molar-refractivity contribution in [2.45, 2.75) is 26.9 Å². The number of hydrogen-bond donors (Lipinski definition) is 1. The van der Waals surface area contributed by atoms with Gasteiger partial charge in [0.25, 0.3) is 0 Å². The molecular formula is C24H32N2O4. The number of benzene rings is 2. The van der Waals surface area contributed by atoms with Crippen LogP contribution >= 0.6 is 0 Å². The topological polar surface area (TPSA) is 62.2 Å². The Hall–Kier alpha value is -2.57. The van der Waals surface area contributed by atoms with Gasteiger partial charge in [-0.05, 0) is 50.6 Å². The molecule has 3 rings (SSSR count). The zero-order valence-corrected chi connectivity index (χ0v) is 18.4. The standard InChI is InChI=1S/C24H32N2O4/c1-17-5-7-22(18(2)13-17)26-11-9-25(10-12-26)15-21(28)16-30-23-8-6-20(19(3)27)14-24(23)29-4/h5-8,13-14,21,28H,9-12,15-16H2,1-4H3/t21-/m0/s1. The van der Waals surface area contributed by atoms with E-state index in [1.165, 1.54) is 30.8 Å². The number of carbonyl (C=O) groups is 1. The molecule has 0 spiro atoms. The van der Waals surface area contributed by atoms with Crippen molar-refractivity contribution in [3.05, 3.63) is 53.1 Å². The molecular weight excluding hydrogens is 380 g/mol. The molecule has 2 aromatic rings. The first-order valence-corrected chi connectivity index (χ1v) is 10.4. The van der Waals surface area contributed by atoms with E-state index in [9.17, 15) is 9.90 Å². The van der Waals surface area contributed by atoms with E-state index < -0.39 is 6.10 Å². The van der Waals surface area contributed by atoms with Gasteiger partial charge in [-0.2, -0.15) is 0 Å². The molecule has 0 saturated carbocycles. The predicted octanol–water partition coefficient (Wildman–Crippen LogP) is 3.08. The van der Waals surface area contributed by atoms with Gasteiger partial charge < -0.3 is 19.5 Å². The van der Waals surface area contributed by atoms with Crippen LogP contribution in [-0.4, -0.2) is 68.3 Å². The molecule has 1 heterocycles. The number of β-amino-alcohol motifs (C(OH)–C–C–N with tert-alkyl or cyclic N) is 1. The molecule has 1 N–H and O–H groups in total. The van der Waals surface area contributed by atoms with E-state index in [-0.39, 0.29) is 12.4 Å². The number of Topliss-reactive ketones (excluding diaryl/α,β-unsaturated/α-hetero) is 1. The third-order valence-corrected chi connectivity index (χ3v) is 5.54. The Morgan fingerprint density at radius 1 is 1.07 bits per heavy atom. The first kappa shape index (κ1) is 22.1. The highest BCUT2D eigenvalue weighted by Gasteiger charge is 2.21. The van der Waals surface area contributed by atoms with Crippen molar-refractivity contribution in [2.24, 2.45) is 0 Å². The Morgan fingerprint density at radius 2 is 1.80 bits per heavy atom. The minimum absolute atomic E-state index is 0.0279. The van der Waals surface area contributed by atoms with Crippen LogP contribution in [0.3, 0.4) is 0 Å². The molecule has 6 heteroatoms. The molecule has 162 valence electrons. The van der Waals surface area contributed by atoms with E-state index in [0.717, 1.165) is 26.2 Å². The molecule has 2 aromatic carbocycles. The summed E-state index contributed by atoms with van der Waals surface area (Å²) >= 11 is 0. The molecule has 30 heavy (non-hydrogen) atoms. The van der Waals surface area contributed by atoms with Crippen LogP contribution in [0.1, 0.15) is 28.4 Å². The van der Waals surface area contributed by atoms with Crippen LogP contribution in [-0.2, 0) is 0 Å². The maximum absolute atomic E-state index is 11.5. The molecule has 1 atom stereocenters. The van der Waals surface area contributed by atoms with Crippen molar-refractivity contribution < 1.29 is 19.4 Å². The van der Waals surface area contributed by atoms with Gasteiger partial charge in [0.15, 0.2) is 17.3 Å². The van der Waals surface area contributed by atoms with Gasteiger partial charge >= 0.3 is 0 Å². The predicted molar refractivity (Wildman–Crippen MR) is 119 cm³/mol. The lowest BCUT2D eigenvalue weighted by molar-refractivity contribution is 0.0653. The maximum Gasteiger partial charge on any atom is 0.161 e. The van der Waals surface area contributed by atoms with Crippen LogP contribution in [0, 0.1) is 13.8 Å². The largest absolute Gasteiger partial charge is 0.493 e. The lowest BCUT2D eigenvalue weighted by Crippen LogP contribution is -2.49. The summed E-state index contributed by atoms with van der Waals surface area (Å²) in [7, 11) is 1.54. The number of aliphatic hydroxyl groups excluding tert-OH is 1. The minimum Gasteiger partial charge on any atom is -0.493 e. The van der Waals surface area contributed by atoms with Crippen molar-refractivity contribution in [3.63, 3.8) is 0 Å². The number of ether oxygens (including phenoxy) is 2. The Morgan fingerprint density at radius 3 is 2.43 bits per heavy atom. The summed E-state index contributed by atoms with van der Waals surface area (Å²) < 4.78 is 11.1. The van der Waals surface area contributed by atoms with E-state index in [0.29, 0.717) is 23.6 Å². The Balaban J connectivity index is 1.48. The van der Waals surface area contributed by atoms with E-state index in [4.69, 9.17) is 9.47 Å². The first-order chi connectivity index (χ1) is 14.4. The molecule has 0 unspecified atom stereocenters. The summed E-state index contributed by atoms with van der Waals surface area (Å²) in [5.41, 5.74) is 4.46. The fourth-order valence-corrected chi connectivity index (χ4v) is 3.87. The molecule has 1 aliphatic heterocycles. The quantitative estimate of drug-likeness (QED) is 0.673. The monoisotopic (exact) mass is 412 g/mol. The van der Waals surface area contributed by atoms with Crippen molar-refractivity contribution in [3.8, 4) is 11.5 Å². The zero-order valence-electron chi connectivity index (χ0n) is 18.4. The highest BCUT2D eigenvalue weighted by atomic mass is 16.5. The normalized spacial score (nSPS) is 15.7. The Bertz CT molecular complexity index is 876. The lowest BCUT2D eigenvalue weighted by atomic mass is 10.1. The summed E-state index contributed by atoms with van der Waals surface area (Å²) in [6, 6.07) is 11.7. The number of aliphatic hydroxyl groups is 1. The van der Waals surface area contributed by atoms with Crippen molar-refractivity contribution in [2.75, 3.05) is 51.3 Å². The van der Waals surface area contributed by atoms with Crippen LogP contribution < -0.4 is 14.4 Å². The number of methoxy groups -OCH3 is 1. The molecule has 0 aliphatic carbocycles. The van der Waals surface area contributed by atoms with Gasteiger partial charge in [-0.1, -0.05) is 17.7 Å². The van der Waals surface area contributed by atoms with Gasteiger partial charge in [-0.3, -0.25) is 9.69 Å². The molecule has 0 amide bonds. The second kappa shape index (κ2) is 9.96. The second-order valence-electron chi connectivity index (χ2n) is 7.96. The van der Waals surface area contributed by atoms with Gasteiger partial charge in [-0.15, -0.1) is 0 Å². The highest BCUT2D eigenvalue weighted by molar-refractivity contribution is 5.94. The molecule has 1 saturated heterocycles. The van der Waals surface area contributed by atoms with Gasteiger partial charge in [0, 0.05) is 44.0 Å². The van der Waals surface area contributed by atoms with Gasteiger partial charge in [0.2, 0.25) is 0 Å². The molecule has 0 bridgehead atoms. The fraction of sp³-hybridized carbons (Fsp3) is 0.458. The number of nitrogens with zero attached hydrogens (tertiary/aromatic N) is 2. The highest BCUT2D eigenvalue weighted by Crippen LogP contribution is 2.28. The summed E-state index contributed by atoms with van der Waals surface area (Å²) in [5.74, 6) is 0.998. The van der Waals surface area contributed by atoms with Crippen LogP contribution in [0.4, 0.5) is 5.69 Å². The summed E-state index contributed by atoms with van der Waals surface area (Å²) in [6.45, 7) is 10.2. The molecule has 1 aliphatic rings. The van der Waals surface area contributed by atoms with E-state index in [2.05, 4.69) is 41.8 Å². The third-order valence-electron chi connectivity index (χ3n) is 5.54. The third kappa shape index (κ3) is 5.52. The molecule has 0 aromatic heterocycles. The zero-order chi connectivity index (χ0) is 21.7. The number of anilines is 1. The van der Waals surface area contributed by atoms with Crippen LogP contribution in [0.2, 0.25) is 0 Å². The number of aryl methyl sites for hydroxylation is 2. The summed E-state index contributed by atoms with van der Waals surface area (Å²) in [5, 5.41) is 10.5. The average molecular weight is 413 g/mol. The maximum atomic E-state index is 11.5. The molecule has 1 fully saturated rings. The van der Waals surface area contributed by atoms with E-state index >= 15 is 0 Å². The molecule has 0 radical (unpaired) electrons. The number of carbonyl (C=O) groups excluding carboxylic acids is 1.